The first-order valence-electron chi connectivity index (χ1n) is 8.39. The Bertz CT molecular complexity index is 810. The molecule has 0 aliphatic heterocycles. The predicted molar refractivity (Wildman–Crippen MR) is 90.4 cm³/mol. The first-order chi connectivity index (χ1) is 11.9. The predicted octanol–water partition coefficient (Wildman–Crippen LogP) is 1.51. The average Bonchev–Trinajstić information content (AvgIpc) is 2.88. The second-order valence-corrected chi connectivity index (χ2v) is 6.51. The maximum Gasteiger partial charge on any atom is 0.317 e. The largest absolute Gasteiger partial charge is 0.480 e. The lowest BCUT2D eigenvalue weighted by Crippen LogP contribution is -2.54. The molecule has 0 unspecified atom stereocenters. The van der Waals surface area contributed by atoms with E-state index in [1.54, 1.807) is 19.9 Å². The molecule has 0 aromatic carbocycles. The van der Waals surface area contributed by atoms with Gasteiger partial charge in [-0.15, -0.1) is 0 Å². The summed E-state index contributed by atoms with van der Waals surface area (Å²) in [6.07, 6.45) is 1.51. The van der Waals surface area contributed by atoms with E-state index in [0.29, 0.717) is 34.6 Å². The lowest BCUT2D eigenvalue weighted by molar-refractivity contribution is -0.139. The number of aliphatic carboxylic acids is 1. The summed E-state index contributed by atoms with van der Waals surface area (Å²) in [7, 11) is 0. The number of fused-ring (bicyclic) bond motifs is 1. The standard InChI is InChI=1S/C17H22N4O4/c1-4-21(8-14(22)23)12-6-11(7-12)19-16(24)13-5-9(2)18-17-15(13)10(3)20-25-17/h5,11-12H,4,6-8H2,1-3H3,(H,19,24)(H,22,23). The Morgan fingerprint density at radius 2 is 2.12 bits per heavy atom. The van der Waals surface area contributed by atoms with Crippen molar-refractivity contribution in [3.8, 4) is 0 Å². The summed E-state index contributed by atoms with van der Waals surface area (Å²) in [4.78, 5) is 29.7. The van der Waals surface area contributed by atoms with E-state index in [9.17, 15) is 9.59 Å². The van der Waals surface area contributed by atoms with E-state index in [1.807, 2.05) is 11.8 Å². The highest BCUT2D eigenvalue weighted by Crippen LogP contribution is 2.27. The number of hydrogen-bond donors (Lipinski definition) is 2. The van der Waals surface area contributed by atoms with Crippen LogP contribution in [0.15, 0.2) is 10.6 Å². The fraction of sp³-hybridized carbons (Fsp3) is 0.529. The Morgan fingerprint density at radius 1 is 1.40 bits per heavy atom. The van der Waals surface area contributed by atoms with E-state index in [4.69, 9.17) is 9.63 Å². The first-order valence-corrected chi connectivity index (χ1v) is 8.39. The topological polar surface area (TPSA) is 109 Å². The molecule has 134 valence electrons. The molecular formula is C17H22N4O4. The maximum atomic E-state index is 12.7. The van der Waals surface area contributed by atoms with Crippen molar-refractivity contribution in [1.82, 2.24) is 20.4 Å². The van der Waals surface area contributed by atoms with Gasteiger partial charge in [0.25, 0.3) is 11.6 Å². The summed E-state index contributed by atoms with van der Waals surface area (Å²) in [6.45, 7) is 6.25. The van der Waals surface area contributed by atoms with Crippen LogP contribution in [0.3, 0.4) is 0 Å². The molecule has 0 bridgehead atoms. The molecule has 0 spiro atoms. The Kier molecular flexibility index (Phi) is 4.71. The van der Waals surface area contributed by atoms with Crippen molar-refractivity contribution in [3.63, 3.8) is 0 Å². The molecule has 2 aromatic rings. The summed E-state index contributed by atoms with van der Waals surface area (Å²) in [6, 6.07) is 1.98. The highest BCUT2D eigenvalue weighted by molar-refractivity contribution is 6.06. The number of nitrogens with one attached hydrogen (secondary N) is 1. The number of carbonyl (C=O) groups excluding carboxylic acids is 1. The van der Waals surface area contributed by atoms with Gasteiger partial charge in [-0.25, -0.2) is 4.98 Å². The smallest absolute Gasteiger partial charge is 0.317 e. The number of carbonyl (C=O) groups is 2. The molecule has 0 atom stereocenters. The van der Waals surface area contributed by atoms with Crippen molar-refractivity contribution in [2.75, 3.05) is 13.1 Å². The molecule has 3 rings (SSSR count). The molecule has 1 aliphatic rings. The highest BCUT2D eigenvalue weighted by Gasteiger charge is 2.35. The number of likely N-dealkylation sites (N-methyl/N-ethyl adjacent to an activating group) is 1. The van der Waals surface area contributed by atoms with Gasteiger partial charge in [-0.3, -0.25) is 14.5 Å². The van der Waals surface area contributed by atoms with Gasteiger partial charge in [-0.1, -0.05) is 12.1 Å². The van der Waals surface area contributed by atoms with E-state index >= 15 is 0 Å². The molecule has 0 saturated heterocycles. The molecule has 0 radical (unpaired) electrons. The fourth-order valence-electron chi connectivity index (χ4n) is 3.34. The van der Waals surface area contributed by atoms with E-state index in [2.05, 4.69) is 15.5 Å². The summed E-state index contributed by atoms with van der Waals surface area (Å²) < 4.78 is 5.16. The molecule has 2 aromatic heterocycles. The van der Waals surface area contributed by atoms with Crippen LogP contribution in [0.25, 0.3) is 11.1 Å². The van der Waals surface area contributed by atoms with Crippen molar-refractivity contribution < 1.29 is 19.2 Å². The van der Waals surface area contributed by atoms with Crippen molar-refractivity contribution in [3.05, 3.63) is 23.0 Å². The van der Waals surface area contributed by atoms with E-state index in [0.717, 1.165) is 12.8 Å². The van der Waals surface area contributed by atoms with Crippen LogP contribution in [0.2, 0.25) is 0 Å². The summed E-state index contributed by atoms with van der Waals surface area (Å²) in [5.41, 5.74) is 2.21. The Labute approximate surface area is 145 Å². The molecule has 2 heterocycles. The van der Waals surface area contributed by atoms with Gasteiger partial charge in [-0.2, -0.15) is 0 Å². The minimum atomic E-state index is -0.827. The Morgan fingerprint density at radius 3 is 2.76 bits per heavy atom. The molecule has 2 N–H and O–H groups in total. The number of carboxylic acid groups (broad SMARTS) is 1. The second-order valence-electron chi connectivity index (χ2n) is 6.51. The highest BCUT2D eigenvalue weighted by atomic mass is 16.5. The maximum absolute atomic E-state index is 12.7. The zero-order valence-electron chi connectivity index (χ0n) is 14.6. The van der Waals surface area contributed by atoms with Gasteiger partial charge in [0.2, 0.25) is 0 Å². The van der Waals surface area contributed by atoms with Gasteiger partial charge >= 0.3 is 5.97 Å². The number of carboxylic acids is 1. The number of amides is 1. The molecular weight excluding hydrogens is 324 g/mol. The molecule has 25 heavy (non-hydrogen) atoms. The van der Waals surface area contributed by atoms with Crippen LogP contribution in [-0.2, 0) is 4.79 Å². The van der Waals surface area contributed by atoms with E-state index < -0.39 is 5.97 Å². The lowest BCUT2D eigenvalue weighted by Gasteiger charge is -2.42. The number of rotatable bonds is 6. The monoisotopic (exact) mass is 346 g/mol. The number of hydrogen-bond acceptors (Lipinski definition) is 6. The Hall–Kier alpha value is -2.48. The summed E-state index contributed by atoms with van der Waals surface area (Å²) in [5.74, 6) is -1.00. The third-order valence-electron chi connectivity index (χ3n) is 4.70. The normalized spacial score (nSPS) is 19.8. The van der Waals surface area contributed by atoms with E-state index in [-0.39, 0.29) is 24.5 Å². The van der Waals surface area contributed by atoms with Gasteiger partial charge in [0.1, 0.15) is 0 Å². The van der Waals surface area contributed by atoms with Gasteiger partial charge in [0.15, 0.2) is 0 Å². The van der Waals surface area contributed by atoms with Crippen LogP contribution in [-0.4, -0.2) is 57.2 Å². The van der Waals surface area contributed by atoms with Crippen LogP contribution in [0.5, 0.6) is 0 Å². The molecule has 1 amide bonds. The molecule has 8 heteroatoms. The minimum absolute atomic E-state index is 0.0336. The Balaban J connectivity index is 1.67. The minimum Gasteiger partial charge on any atom is -0.480 e. The summed E-state index contributed by atoms with van der Waals surface area (Å²) >= 11 is 0. The SMILES string of the molecule is CCN(CC(=O)O)C1CC(NC(=O)c2cc(C)nc3onc(C)c23)C1. The zero-order valence-corrected chi connectivity index (χ0v) is 14.6. The number of nitrogens with zero attached hydrogens (tertiary/aromatic N) is 3. The number of pyridine rings is 1. The molecule has 1 aliphatic carbocycles. The van der Waals surface area contributed by atoms with Crippen LogP contribution >= 0.6 is 0 Å². The second kappa shape index (κ2) is 6.79. The quantitative estimate of drug-likeness (QED) is 0.816. The van der Waals surface area contributed by atoms with Gasteiger partial charge < -0.3 is 14.9 Å². The molecule has 1 fully saturated rings. The van der Waals surface area contributed by atoms with Crippen molar-refractivity contribution >= 4 is 23.0 Å². The fourth-order valence-corrected chi connectivity index (χ4v) is 3.34. The summed E-state index contributed by atoms with van der Waals surface area (Å²) in [5, 5.41) is 16.5. The van der Waals surface area contributed by atoms with Crippen LogP contribution in [0, 0.1) is 13.8 Å². The number of aryl methyl sites for hydroxylation is 2. The molecule has 8 nitrogen and oxygen atoms in total. The number of aromatic nitrogens is 2. The van der Waals surface area contributed by atoms with Crippen molar-refractivity contribution in [2.24, 2.45) is 0 Å². The lowest BCUT2D eigenvalue weighted by atomic mass is 9.85. The third kappa shape index (κ3) is 3.48. The van der Waals surface area contributed by atoms with Crippen LogP contribution in [0.1, 0.15) is 41.5 Å². The zero-order chi connectivity index (χ0) is 18.1. The average molecular weight is 346 g/mol. The first kappa shape index (κ1) is 17.3. The molecule has 1 saturated carbocycles. The van der Waals surface area contributed by atoms with Gasteiger partial charge in [0, 0.05) is 17.8 Å². The van der Waals surface area contributed by atoms with Crippen molar-refractivity contribution in [1.29, 1.82) is 0 Å². The van der Waals surface area contributed by atoms with Crippen LogP contribution in [0.4, 0.5) is 0 Å². The third-order valence-corrected chi connectivity index (χ3v) is 4.70. The van der Waals surface area contributed by atoms with Crippen molar-refractivity contribution in [2.45, 2.75) is 45.7 Å². The van der Waals surface area contributed by atoms with Crippen LogP contribution < -0.4 is 5.32 Å². The van der Waals surface area contributed by atoms with Gasteiger partial charge in [-0.05, 0) is 39.3 Å². The van der Waals surface area contributed by atoms with E-state index in [1.165, 1.54) is 0 Å². The van der Waals surface area contributed by atoms with Gasteiger partial charge in [0.05, 0.1) is 23.2 Å².